The zero-order valence-corrected chi connectivity index (χ0v) is 8.03. The maximum Gasteiger partial charge on any atom is 0.177 e. The maximum atomic E-state index is 9.03. The van der Waals surface area contributed by atoms with Gasteiger partial charge in [-0.3, -0.25) is 0 Å². The number of nitriles is 1. The van der Waals surface area contributed by atoms with Crippen molar-refractivity contribution in [3.63, 3.8) is 0 Å². The molecule has 0 spiro atoms. The van der Waals surface area contributed by atoms with Gasteiger partial charge in [0.1, 0.15) is 6.07 Å². The standard InChI is InChI=1S/C10H11N3O/c1-13-5-3-8(7-13)9(6-11)10-2-4-12-14-10/h2,4H,3,5,7H2,1H3/b9-8-. The Hall–Kier alpha value is -1.60. The van der Waals surface area contributed by atoms with Crippen LogP contribution in [0.1, 0.15) is 12.2 Å². The molecule has 0 radical (unpaired) electrons. The lowest BCUT2D eigenvalue weighted by atomic mass is 10.1. The lowest BCUT2D eigenvalue weighted by molar-refractivity contribution is 0.410. The SMILES string of the molecule is CN1CC/C(=C(\C#N)c2ccno2)C1. The molecule has 0 aliphatic carbocycles. The van der Waals surface area contributed by atoms with Crippen LogP contribution < -0.4 is 0 Å². The van der Waals surface area contributed by atoms with Crippen molar-refractivity contribution in [3.05, 3.63) is 23.6 Å². The van der Waals surface area contributed by atoms with Gasteiger partial charge in [-0.05, 0) is 19.0 Å². The highest BCUT2D eigenvalue weighted by molar-refractivity contribution is 5.76. The first-order valence-corrected chi connectivity index (χ1v) is 4.53. The zero-order valence-electron chi connectivity index (χ0n) is 8.03. The number of hydrogen-bond acceptors (Lipinski definition) is 4. The summed E-state index contributed by atoms with van der Waals surface area (Å²) in [7, 11) is 2.04. The highest BCUT2D eigenvalue weighted by Crippen LogP contribution is 2.24. The van der Waals surface area contributed by atoms with E-state index in [0.29, 0.717) is 11.3 Å². The molecule has 1 saturated heterocycles. The number of aromatic nitrogens is 1. The van der Waals surface area contributed by atoms with Crippen molar-refractivity contribution in [2.75, 3.05) is 20.1 Å². The molecule has 2 rings (SSSR count). The van der Waals surface area contributed by atoms with Gasteiger partial charge in [0.25, 0.3) is 0 Å². The fourth-order valence-corrected chi connectivity index (χ4v) is 1.67. The molecule has 0 unspecified atom stereocenters. The van der Waals surface area contributed by atoms with E-state index >= 15 is 0 Å². The molecule has 0 atom stereocenters. The van der Waals surface area contributed by atoms with Gasteiger partial charge < -0.3 is 9.42 Å². The normalized spacial score (nSPS) is 20.9. The maximum absolute atomic E-state index is 9.03. The first kappa shape index (κ1) is 8.97. The first-order chi connectivity index (χ1) is 6.81. The molecular formula is C10H11N3O. The number of nitrogens with zero attached hydrogens (tertiary/aromatic N) is 3. The van der Waals surface area contributed by atoms with E-state index in [0.717, 1.165) is 25.1 Å². The highest BCUT2D eigenvalue weighted by atomic mass is 16.5. The van der Waals surface area contributed by atoms with Crippen LogP contribution >= 0.6 is 0 Å². The minimum Gasteiger partial charge on any atom is -0.356 e. The first-order valence-electron chi connectivity index (χ1n) is 4.53. The van der Waals surface area contributed by atoms with Gasteiger partial charge >= 0.3 is 0 Å². The average molecular weight is 189 g/mol. The van der Waals surface area contributed by atoms with E-state index < -0.39 is 0 Å². The highest BCUT2D eigenvalue weighted by Gasteiger charge is 2.19. The number of likely N-dealkylation sites (tertiary alicyclic amines) is 1. The van der Waals surface area contributed by atoms with E-state index in [-0.39, 0.29) is 0 Å². The van der Waals surface area contributed by atoms with Crippen LogP contribution in [-0.4, -0.2) is 30.2 Å². The van der Waals surface area contributed by atoms with Gasteiger partial charge in [0.15, 0.2) is 5.76 Å². The van der Waals surface area contributed by atoms with Gasteiger partial charge in [-0.25, -0.2) is 0 Å². The summed E-state index contributed by atoms with van der Waals surface area (Å²) in [6, 6.07) is 3.91. The third-order valence-electron chi connectivity index (χ3n) is 2.41. The summed E-state index contributed by atoms with van der Waals surface area (Å²) in [6.07, 6.45) is 2.51. The Morgan fingerprint density at radius 1 is 1.71 bits per heavy atom. The molecule has 0 saturated carbocycles. The minimum absolute atomic E-state index is 0.581. The van der Waals surface area contributed by atoms with E-state index in [9.17, 15) is 0 Å². The largest absolute Gasteiger partial charge is 0.356 e. The van der Waals surface area contributed by atoms with Crippen molar-refractivity contribution in [2.24, 2.45) is 0 Å². The van der Waals surface area contributed by atoms with Gasteiger partial charge in [0.05, 0.1) is 11.8 Å². The fourth-order valence-electron chi connectivity index (χ4n) is 1.67. The topological polar surface area (TPSA) is 53.1 Å². The van der Waals surface area contributed by atoms with Gasteiger partial charge in [-0.15, -0.1) is 0 Å². The van der Waals surface area contributed by atoms with Crippen molar-refractivity contribution in [2.45, 2.75) is 6.42 Å². The summed E-state index contributed by atoms with van der Waals surface area (Å²) in [4.78, 5) is 2.18. The van der Waals surface area contributed by atoms with E-state index in [1.807, 2.05) is 7.05 Å². The van der Waals surface area contributed by atoms with Crippen molar-refractivity contribution in [3.8, 4) is 6.07 Å². The third-order valence-corrected chi connectivity index (χ3v) is 2.41. The van der Waals surface area contributed by atoms with E-state index in [1.165, 1.54) is 0 Å². The second-order valence-corrected chi connectivity index (χ2v) is 3.45. The van der Waals surface area contributed by atoms with Crippen molar-refractivity contribution in [1.82, 2.24) is 10.1 Å². The van der Waals surface area contributed by atoms with Crippen LogP contribution in [0, 0.1) is 11.3 Å². The van der Waals surface area contributed by atoms with Crippen molar-refractivity contribution >= 4 is 5.57 Å². The van der Waals surface area contributed by atoms with Crippen LogP contribution in [0.4, 0.5) is 0 Å². The third kappa shape index (κ3) is 1.54. The Bertz CT molecular complexity index is 386. The molecule has 1 fully saturated rings. The molecule has 14 heavy (non-hydrogen) atoms. The predicted molar refractivity (Wildman–Crippen MR) is 51.2 cm³/mol. The average Bonchev–Trinajstić information content (AvgIpc) is 2.79. The Labute approximate surface area is 82.4 Å². The quantitative estimate of drug-likeness (QED) is 0.624. The number of allylic oxidation sites excluding steroid dienone is 1. The predicted octanol–water partition coefficient (Wildman–Crippen LogP) is 1.29. The molecule has 1 aromatic rings. The summed E-state index contributed by atoms with van der Waals surface area (Å²) >= 11 is 0. The molecule has 2 heterocycles. The Morgan fingerprint density at radius 2 is 2.57 bits per heavy atom. The fraction of sp³-hybridized carbons (Fsp3) is 0.400. The summed E-state index contributed by atoms with van der Waals surface area (Å²) < 4.78 is 4.99. The van der Waals surface area contributed by atoms with Crippen LogP contribution in [0.5, 0.6) is 0 Å². The lowest BCUT2D eigenvalue weighted by Gasteiger charge is -2.03. The van der Waals surface area contributed by atoms with Crippen LogP contribution in [0.15, 0.2) is 22.4 Å². The molecule has 1 aliphatic rings. The Kier molecular flexibility index (Phi) is 2.33. The van der Waals surface area contributed by atoms with E-state index in [4.69, 9.17) is 9.78 Å². The second-order valence-electron chi connectivity index (χ2n) is 3.45. The van der Waals surface area contributed by atoms with Gasteiger partial charge in [0.2, 0.25) is 0 Å². The van der Waals surface area contributed by atoms with Crippen LogP contribution in [0.3, 0.4) is 0 Å². The van der Waals surface area contributed by atoms with Crippen LogP contribution in [0.25, 0.3) is 5.57 Å². The molecule has 4 heteroatoms. The van der Waals surface area contributed by atoms with E-state index in [2.05, 4.69) is 16.1 Å². The molecule has 1 aromatic heterocycles. The minimum atomic E-state index is 0.581. The zero-order chi connectivity index (χ0) is 9.97. The molecule has 1 aliphatic heterocycles. The monoisotopic (exact) mass is 189 g/mol. The molecule has 4 nitrogen and oxygen atoms in total. The Morgan fingerprint density at radius 3 is 3.07 bits per heavy atom. The summed E-state index contributed by atoms with van der Waals surface area (Å²) in [5, 5.41) is 12.6. The molecule has 0 amide bonds. The smallest absolute Gasteiger partial charge is 0.177 e. The van der Waals surface area contributed by atoms with Gasteiger partial charge in [-0.2, -0.15) is 5.26 Å². The number of hydrogen-bond donors (Lipinski definition) is 0. The second kappa shape index (κ2) is 3.64. The lowest BCUT2D eigenvalue weighted by Crippen LogP contribution is -2.11. The van der Waals surface area contributed by atoms with Crippen molar-refractivity contribution < 1.29 is 4.52 Å². The number of rotatable bonds is 1. The number of likely N-dealkylation sites (N-methyl/N-ethyl adjacent to an activating group) is 1. The summed E-state index contributed by atoms with van der Waals surface area (Å²) in [6.45, 7) is 1.86. The summed E-state index contributed by atoms with van der Waals surface area (Å²) in [5.41, 5.74) is 1.79. The molecule has 0 N–H and O–H groups in total. The molecule has 72 valence electrons. The van der Waals surface area contributed by atoms with Crippen LogP contribution in [-0.2, 0) is 0 Å². The molecular weight excluding hydrogens is 178 g/mol. The van der Waals surface area contributed by atoms with E-state index in [1.54, 1.807) is 12.3 Å². The summed E-state index contributed by atoms with van der Waals surface area (Å²) in [5.74, 6) is 0.581. The van der Waals surface area contributed by atoms with Crippen LogP contribution in [0.2, 0.25) is 0 Å². The van der Waals surface area contributed by atoms with Gasteiger partial charge in [0, 0.05) is 19.2 Å². The Balaban J connectivity index is 2.35. The van der Waals surface area contributed by atoms with Gasteiger partial charge in [-0.1, -0.05) is 5.16 Å². The molecule has 0 bridgehead atoms. The molecule has 0 aromatic carbocycles. The van der Waals surface area contributed by atoms with Crippen molar-refractivity contribution in [1.29, 1.82) is 5.26 Å².